The second kappa shape index (κ2) is 7.10. The van der Waals surface area contributed by atoms with E-state index in [-0.39, 0.29) is 5.91 Å². The van der Waals surface area contributed by atoms with Crippen LogP contribution in [0.2, 0.25) is 0 Å². The fraction of sp³-hybridized carbons (Fsp3) is 0.250. The Morgan fingerprint density at radius 1 is 1.07 bits per heavy atom. The van der Waals surface area contributed by atoms with Crippen LogP contribution in [0.1, 0.15) is 18.4 Å². The van der Waals surface area contributed by atoms with Gasteiger partial charge in [0.2, 0.25) is 5.91 Å². The average Bonchev–Trinajstić information content (AvgIpc) is 3.17. The zero-order valence-electron chi connectivity index (χ0n) is 14.8. The first-order valence-corrected chi connectivity index (χ1v) is 8.88. The molecule has 1 aromatic heterocycles. The Morgan fingerprint density at radius 3 is 2.57 bits per heavy atom. The zero-order chi connectivity index (χ0) is 19.7. The number of carbonyl (C=O) groups excluding carboxylic acids is 1. The van der Waals surface area contributed by atoms with E-state index < -0.39 is 17.8 Å². The number of benzene rings is 2. The molecule has 1 N–H and O–H groups in total. The number of halogens is 3. The van der Waals surface area contributed by atoms with Gasteiger partial charge in [-0.1, -0.05) is 12.1 Å². The molecule has 0 bridgehead atoms. The molecule has 1 aliphatic heterocycles. The fourth-order valence-corrected chi connectivity index (χ4v) is 3.48. The predicted octanol–water partition coefficient (Wildman–Crippen LogP) is 4.26. The van der Waals surface area contributed by atoms with Gasteiger partial charge in [-0.3, -0.25) is 4.79 Å². The van der Waals surface area contributed by atoms with E-state index in [2.05, 4.69) is 15.3 Å². The summed E-state index contributed by atoms with van der Waals surface area (Å²) in [5.41, 5.74) is 0.374. The van der Waals surface area contributed by atoms with E-state index >= 15 is 0 Å². The molecule has 5 nitrogen and oxygen atoms in total. The van der Waals surface area contributed by atoms with E-state index in [1.807, 2.05) is 29.2 Å². The molecule has 1 fully saturated rings. The van der Waals surface area contributed by atoms with Gasteiger partial charge in [-0.05, 0) is 49.2 Å². The lowest BCUT2D eigenvalue weighted by Crippen LogP contribution is -2.40. The second-order valence-electron chi connectivity index (χ2n) is 6.63. The van der Waals surface area contributed by atoms with Gasteiger partial charge in [0.1, 0.15) is 18.2 Å². The van der Waals surface area contributed by atoms with Crippen molar-refractivity contribution in [3.8, 4) is 0 Å². The molecule has 144 valence electrons. The molecule has 1 atom stereocenters. The van der Waals surface area contributed by atoms with Crippen molar-refractivity contribution in [2.75, 3.05) is 16.8 Å². The topological polar surface area (TPSA) is 58.1 Å². The van der Waals surface area contributed by atoms with Crippen LogP contribution >= 0.6 is 0 Å². The molecule has 28 heavy (non-hydrogen) atoms. The summed E-state index contributed by atoms with van der Waals surface area (Å²) in [5.74, 6) is 0.427. The summed E-state index contributed by atoms with van der Waals surface area (Å²) in [7, 11) is 0. The van der Waals surface area contributed by atoms with E-state index in [4.69, 9.17) is 0 Å². The standard InChI is InChI=1S/C20H17F3N4O/c21-20(22,23)13-7-9-14(10-8-13)26-19(28)17-6-3-11-27(17)18-15-4-1-2-5-16(15)24-12-25-18/h1-2,4-5,7-10,12,17H,3,6,11H2,(H,26,28)/t17-/m0/s1. The molecule has 0 spiro atoms. The summed E-state index contributed by atoms with van der Waals surface area (Å²) >= 11 is 0. The van der Waals surface area contributed by atoms with Gasteiger partial charge in [0.25, 0.3) is 0 Å². The number of alkyl halides is 3. The van der Waals surface area contributed by atoms with Gasteiger partial charge in [-0.25, -0.2) is 9.97 Å². The Hall–Kier alpha value is -3.16. The van der Waals surface area contributed by atoms with Gasteiger partial charge in [-0.15, -0.1) is 0 Å². The quantitative estimate of drug-likeness (QED) is 0.731. The highest BCUT2D eigenvalue weighted by atomic mass is 19.4. The maximum Gasteiger partial charge on any atom is 0.416 e. The van der Waals surface area contributed by atoms with Crippen LogP contribution in [0.3, 0.4) is 0 Å². The minimum Gasteiger partial charge on any atom is -0.344 e. The molecule has 3 aromatic rings. The van der Waals surface area contributed by atoms with Gasteiger partial charge in [-0.2, -0.15) is 13.2 Å². The van der Waals surface area contributed by atoms with Crippen molar-refractivity contribution >= 4 is 28.3 Å². The Kier molecular flexibility index (Phi) is 4.62. The van der Waals surface area contributed by atoms with Crippen LogP contribution in [0, 0.1) is 0 Å². The van der Waals surface area contributed by atoms with Crippen molar-refractivity contribution in [2.24, 2.45) is 0 Å². The first kappa shape index (κ1) is 18.2. The number of hydrogen-bond donors (Lipinski definition) is 1. The Labute approximate surface area is 159 Å². The molecule has 2 aromatic carbocycles. The van der Waals surface area contributed by atoms with Crippen LogP contribution in [0.5, 0.6) is 0 Å². The summed E-state index contributed by atoms with van der Waals surface area (Å²) < 4.78 is 38.1. The summed E-state index contributed by atoms with van der Waals surface area (Å²) in [6.45, 7) is 0.673. The number of aromatic nitrogens is 2. The number of para-hydroxylation sites is 1. The number of nitrogens with one attached hydrogen (secondary N) is 1. The van der Waals surface area contributed by atoms with Crippen LogP contribution in [0.25, 0.3) is 10.9 Å². The number of hydrogen-bond acceptors (Lipinski definition) is 4. The van der Waals surface area contributed by atoms with Gasteiger partial charge in [0, 0.05) is 17.6 Å². The van der Waals surface area contributed by atoms with Crippen LogP contribution in [-0.4, -0.2) is 28.5 Å². The van der Waals surface area contributed by atoms with Crippen molar-refractivity contribution in [1.29, 1.82) is 0 Å². The third-order valence-electron chi connectivity index (χ3n) is 4.83. The second-order valence-corrected chi connectivity index (χ2v) is 6.63. The molecular formula is C20H17F3N4O. The number of rotatable bonds is 3. The Morgan fingerprint density at radius 2 is 1.82 bits per heavy atom. The molecule has 1 amide bonds. The molecule has 0 aliphatic carbocycles. The molecule has 1 aliphatic rings. The lowest BCUT2D eigenvalue weighted by atomic mass is 10.1. The summed E-state index contributed by atoms with van der Waals surface area (Å²) in [6, 6.07) is 11.6. The Balaban J connectivity index is 1.55. The number of nitrogens with zero attached hydrogens (tertiary/aromatic N) is 3. The highest BCUT2D eigenvalue weighted by molar-refractivity contribution is 5.99. The van der Waals surface area contributed by atoms with Gasteiger partial charge < -0.3 is 10.2 Å². The molecule has 1 saturated heterocycles. The van der Waals surface area contributed by atoms with Crippen molar-refractivity contribution in [1.82, 2.24) is 9.97 Å². The smallest absolute Gasteiger partial charge is 0.344 e. The lowest BCUT2D eigenvalue weighted by molar-refractivity contribution is -0.137. The van der Waals surface area contributed by atoms with Gasteiger partial charge in [0.15, 0.2) is 0 Å². The first-order valence-electron chi connectivity index (χ1n) is 8.88. The van der Waals surface area contributed by atoms with E-state index in [1.165, 1.54) is 18.5 Å². The van der Waals surface area contributed by atoms with Gasteiger partial charge in [0.05, 0.1) is 11.1 Å². The van der Waals surface area contributed by atoms with Crippen LogP contribution < -0.4 is 10.2 Å². The van der Waals surface area contributed by atoms with Gasteiger partial charge >= 0.3 is 6.18 Å². The summed E-state index contributed by atoms with van der Waals surface area (Å²) in [6.07, 6.45) is -1.46. The van der Waals surface area contributed by atoms with E-state index in [0.29, 0.717) is 24.5 Å². The average molecular weight is 386 g/mol. The predicted molar refractivity (Wildman–Crippen MR) is 100.0 cm³/mol. The molecule has 0 saturated carbocycles. The summed E-state index contributed by atoms with van der Waals surface area (Å²) in [4.78, 5) is 23.4. The monoisotopic (exact) mass is 386 g/mol. The molecule has 2 heterocycles. The SMILES string of the molecule is O=C(Nc1ccc(C(F)(F)F)cc1)[C@@H]1CCCN1c1ncnc2ccccc12. The third-order valence-corrected chi connectivity index (χ3v) is 4.83. The number of carbonyl (C=O) groups is 1. The first-order chi connectivity index (χ1) is 13.4. The minimum absolute atomic E-state index is 0.264. The van der Waals surface area contributed by atoms with Crippen molar-refractivity contribution in [3.05, 3.63) is 60.4 Å². The zero-order valence-corrected chi connectivity index (χ0v) is 14.8. The molecule has 0 radical (unpaired) electrons. The Bertz CT molecular complexity index is 999. The molecule has 4 rings (SSSR count). The van der Waals surface area contributed by atoms with Crippen molar-refractivity contribution in [2.45, 2.75) is 25.1 Å². The van der Waals surface area contributed by atoms with E-state index in [9.17, 15) is 18.0 Å². The van der Waals surface area contributed by atoms with E-state index in [1.54, 1.807) is 0 Å². The van der Waals surface area contributed by atoms with Crippen LogP contribution in [-0.2, 0) is 11.0 Å². The van der Waals surface area contributed by atoms with E-state index in [0.717, 1.165) is 29.5 Å². The van der Waals surface area contributed by atoms with Crippen LogP contribution in [0.4, 0.5) is 24.7 Å². The fourth-order valence-electron chi connectivity index (χ4n) is 3.48. The minimum atomic E-state index is -4.40. The number of anilines is 2. The number of fused-ring (bicyclic) bond motifs is 1. The molecule has 8 heteroatoms. The maximum absolute atomic E-state index is 12.8. The third kappa shape index (κ3) is 3.49. The van der Waals surface area contributed by atoms with Crippen LogP contribution in [0.15, 0.2) is 54.9 Å². The highest BCUT2D eigenvalue weighted by Crippen LogP contribution is 2.31. The number of amides is 1. The molecule has 0 unspecified atom stereocenters. The van der Waals surface area contributed by atoms with Crippen molar-refractivity contribution < 1.29 is 18.0 Å². The largest absolute Gasteiger partial charge is 0.416 e. The van der Waals surface area contributed by atoms with Crippen molar-refractivity contribution in [3.63, 3.8) is 0 Å². The molecular weight excluding hydrogens is 369 g/mol. The summed E-state index contributed by atoms with van der Waals surface area (Å²) in [5, 5.41) is 3.58. The normalized spacial score (nSPS) is 17.1. The highest BCUT2D eigenvalue weighted by Gasteiger charge is 2.33. The lowest BCUT2D eigenvalue weighted by Gasteiger charge is -2.25. The maximum atomic E-state index is 12.8.